The fourth-order valence-electron chi connectivity index (χ4n) is 1.99. The average Bonchev–Trinajstić information content (AvgIpc) is 2.81. The van der Waals surface area contributed by atoms with E-state index < -0.39 is 0 Å². The number of ether oxygens (including phenoxy) is 1. The number of methoxy groups -OCH3 is 1. The minimum Gasteiger partial charge on any atom is -0.496 e. The molecule has 1 atom stereocenters. The van der Waals surface area contributed by atoms with Crippen molar-refractivity contribution in [3.05, 3.63) is 28.2 Å². The van der Waals surface area contributed by atoms with Crippen molar-refractivity contribution in [3.63, 3.8) is 0 Å². The molecule has 1 aromatic rings. The van der Waals surface area contributed by atoms with E-state index in [4.69, 9.17) is 4.74 Å². The number of rotatable bonds is 4. The highest BCUT2D eigenvalue weighted by Crippen LogP contribution is 2.23. The zero-order valence-corrected chi connectivity index (χ0v) is 12.1. The van der Waals surface area contributed by atoms with Gasteiger partial charge in [0.25, 0.3) is 5.91 Å². The highest BCUT2D eigenvalue weighted by Gasteiger charge is 2.21. The second-order valence-electron chi connectivity index (χ2n) is 4.36. The third-order valence-electron chi connectivity index (χ3n) is 3.00. The number of hydrogen-bond acceptors (Lipinski definition) is 3. The molecule has 1 saturated heterocycles. The van der Waals surface area contributed by atoms with E-state index in [-0.39, 0.29) is 17.9 Å². The lowest BCUT2D eigenvalue weighted by molar-refractivity contribution is -0.119. The molecule has 0 radical (unpaired) electrons. The van der Waals surface area contributed by atoms with Gasteiger partial charge < -0.3 is 15.4 Å². The molecule has 0 aromatic heterocycles. The zero-order chi connectivity index (χ0) is 13.8. The second kappa shape index (κ2) is 6.06. The number of amides is 2. The lowest BCUT2D eigenvalue weighted by Crippen LogP contribution is -2.38. The Morgan fingerprint density at radius 1 is 1.58 bits per heavy atom. The van der Waals surface area contributed by atoms with Crippen molar-refractivity contribution in [1.29, 1.82) is 0 Å². The van der Waals surface area contributed by atoms with Gasteiger partial charge in [0.05, 0.1) is 12.7 Å². The summed E-state index contributed by atoms with van der Waals surface area (Å²) in [5.41, 5.74) is 0.482. The summed E-state index contributed by atoms with van der Waals surface area (Å²) < 4.78 is 6.03. The standard InChI is InChI=1S/C13H15BrN2O3/c1-19-11-6-8(14)2-4-10(11)13(18)15-7-9-3-5-12(17)16-9/h2,4,6,9H,3,5,7H2,1H3,(H,15,18)(H,16,17). The Labute approximate surface area is 119 Å². The summed E-state index contributed by atoms with van der Waals surface area (Å²) in [7, 11) is 1.52. The lowest BCUT2D eigenvalue weighted by Gasteiger charge is -2.13. The van der Waals surface area contributed by atoms with E-state index >= 15 is 0 Å². The third kappa shape index (κ3) is 3.47. The minimum absolute atomic E-state index is 0.0258. The number of hydrogen-bond donors (Lipinski definition) is 2. The molecule has 2 amide bonds. The van der Waals surface area contributed by atoms with Crippen LogP contribution >= 0.6 is 15.9 Å². The van der Waals surface area contributed by atoms with Crippen LogP contribution in [0.3, 0.4) is 0 Å². The third-order valence-corrected chi connectivity index (χ3v) is 3.50. The summed E-state index contributed by atoms with van der Waals surface area (Å²) in [6.07, 6.45) is 1.29. The average molecular weight is 327 g/mol. The van der Waals surface area contributed by atoms with E-state index in [1.54, 1.807) is 18.2 Å². The van der Waals surface area contributed by atoms with Crippen LogP contribution < -0.4 is 15.4 Å². The molecule has 1 fully saturated rings. The first-order valence-electron chi connectivity index (χ1n) is 6.01. The molecule has 0 saturated carbocycles. The Morgan fingerprint density at radius 2 is 2.37 bits per heavy atom. The van der Waals surface area contributed by atoms with E-state index in [2.05, 4.69) is 26.6 Å². The van der Waals surface area contributed by atoms with Crippen LogP contribution in [0.2, 0.25) is 0 Å². The Balaban J connectivity index is 1.98. The maximum absolute atomic E-state index is 12.1. The monoisotopic (exact) mass is 326 g/mol. The lowest BCUT2D eigenvalue weighted by atomic mass is 10.1. The van der Waals surface area contributed by atoms with Crippen LogP contribution in [0.15, 0.2) is 22.7 Å². The fourth-order valence-corrected chi connectivity index (χ4v) is 2.33. The van der Waals surface area contributed by atoms with Gasteiger partial charge in [-0.05, 0) is 24.6 Å². The molecule has 1 aromatic carbocycles. The predicted molar refractivity (Wildman–Crippen MR) is 74.2 cm³/mol. The van der Waals surface area contributed by atoms with E-state index in [9.17, 15) is 9.59 Å². The first-order chi connectivity index (χ1) is 9.10. The Morgan fingerprint density at radius 3 is 3.00 bits per heavy atom. The van der Waals surface area contributed by atoms with Crippen molar-refractivity contribution in [1.82, 2.24) is 10.6 Å². The molecular formula is C13H15BrN2O3. The summed E-state index contributed by atoms with van der Waals surface area (Å²) in [5.74, 6) is 0.355. The van der Waals surface area contributed by atoms with E-state index in [1.165, 1.54) is 7.11 Å². The van der Waals surface area contributed by atoms with Crippen molar-refractivity contribution in [2.24, 2.45) is 0 Å². The molecule has 1 aliphatic heterocycles. The zero-order valence-electron chi connectivity index (χ0n) is 10.5. The van der Waals surface area contributed by atoms with Gasteiger partial charge in [-0.3, -0.25) is 9.59 Å². The smallest absolute Gasteiger partial charge is 0.255 e. The summed E-state index contributed by atoms with van der Waals surface area (Å²) in [6.45, 7) is 0.434. The summed E-state index contributed by atoms with van der Waals surface area (Å²) in [5, 5.41) is 5.61. The van der Waals surface area contributed by atoms with Crippen LogP contribution in [0.5, 0.6) is 5.75 Å². The van der Waals surface area contributed by atoms with Crippen LogP contribution in [-0.2, 0) is 4.79 Å². The topological polar surface area (TPSA) is 67.4 Å². The molecule has 2 N–H and O–H groups in total. The Hall–Kier alpha value is -1.56. The van der Waals surface area contributed by atoms with Gasteiger partial charge in [-0.15, -0.1) is 0 Å². The number of nitrogens with one attached hydrogen (secondary N) is 2. The first kappa shape index (κ1) is 13.9. The number of benzene rings is 1. The Bertz CT molecular complexity index is 505. The molecule has 0 bridgehead atoms. The molecule has 19 heavy (non-hydrogen) atoms. The number of carbonyl (C=O) groups is 2. The maximum Gasteiger partial charge on any atom is 0.255 e. The molecule has 1 unspecified atom stereocenters. The molecule has 2 rings (SSSR count). The molecule has 1 aliphatic rings. The van der Waals surface area contributed by atoms with Crippen LogP contribution in [0.25, 0.3) is 0 Å². The number of halogens is 1. The second-order valence-corrected chi connectivity index (χ2v) is 5.27. The molecule has 0 spiro atoms. The maximum atomic E-state index is 12.1. The van der Waals surface area contributed by atoms with E-state index in [0.717, 1.165) is 10.9 Å². The quantitative estimate of drug-likeness (QED) is 0.880. The van der Waals surface area contributed by atoms with Crippen LogP contribution in [0.1, 0.15) is 23.2 Å². The predicted octanol–water partition coefficient (Wildman–Crippen LogP) is 1.47. The van der Waals surface area contributed by atoms with Crippen molar-refractivity contribution >= 4 is 27.7 Å². The molecule has 0 aliphatic carbocycles. The van der Waals surface area contributed by atoms with Gasteiger partial charge in [0.15, 0.2) is 0 Å². The van der Waals surface area contributed by atoms with Gasteiger partial charge in [0.2, 0.25) is 5.91 Å². The van der Waals surface area contributed by atoms with Gasteiger partial charge in [0.1, 0.15) is 5.75 Å². The fraction of sp³-hybridized carbons (Fsp3) is 0.385. The van der Waals surface area contributed by atoms with Crippen molar-refractivity contribution in [3.8, 4) is 5.75 Å². The normalized spacial score (nSPS) is 18.0. The van der Waals surface area contributed by atoms with Crippen LogP contribution in [0.4, 0.5) is 0 Å². The SMILES string of the molecule is COc1cc(Br)ccc1C(=O)NCC1CCC(=O)N1. The van der Waals surface area contributed by atoms with Crippen molar-refractivity contribution in [2.45, 2.75) is 18.9 Å². The van der Waals surface area contributed by atoms with Crippen molar-refractivity contribution in [2.75, 3.05) is 13.7 Å². The minimum atomic E-state index is -0.203. The Kier molecular flexibility index (Phi) is 4.42. The van der Waals surface area contributed by atoms with Crippen molar-refractivity contribution < 1.29 is 14.3 Å². The largest absolute Gasteiger partial charge is 0.496 e. The summed E-state index contributed by atoms with van der Waals surface area (Å²) in [4.78, 5) is 23.1. The van der Waals surface area contributed by atoms with Crippen LogP contribution in [0, 0.1) is 0 Å². The number of carbonyl (C=O) groups excluding carboxylic acids is 2. The summed E-state index contributed by atoms with van der Waals surface area (Å²) >= 11 is 3.33. The first-order valence-corrected chi connectivity index (χ1v) is 6.80. The van der Waals surface area contributed by atoms with Gasteiger partial charge >= 0.3 is 0 Å². The van der Waals surface area contributed by atoms with Gasteiger partial charge in [0, 0.05) is 23.5 Å². The molecule has 1 heterocycles. The van der Waals surface area contributed by atoms with E-state index in [0.29, 0.717) is 24.3 Å². The highest BCUT2D eigenvalue weighted by atomic mass is 79.9. The summed E-state index contributed by atoms with van der Waals surface area (Å²) in [6, 6.07) is 5.25. The molecular weight excluding hydrogens is 312 g/mol. The molecule has 5 nitrogen and oxygen atoms in total. The van der Waals surface area contributed by atoms with Gasteiger partial charge in [-0.1, -0.05) is 15.9 Å². The highest BCUT2D eigenvalue weighted by molar-refractivity contribution is 9.10. The van der Waals surface area contributed by atoms with Gasteiger partial charge in [-0.2, -0.15) is 0 Å². The molecule has 6 heteroatoms. The van der Waals surface area contributed by atoms with E-state index in [1.807, 2.05) is 0 Å². The molecule has 102 valence electrons. The van der Waals surface area contributed by atoms with Gasteiger partial charge in [-0.25, -0.2) is 0 Å². The van der Waals surface area contributed by atoms with Crippen LogP contribution in [-0.4, -0.2) is 31.5 Å².